The Morgan fingerprint density at radius 3 is 2.55 bits per heavy atom. The van der Waals surface area contributed by atoms with E-state index in [0.29, 0.717) is 0 Å². The van der Waals surface area contributed by atoms with Crippen LogP contribution in [0.4, 0.5) is 0 Å². The summed E-state index contributed by atoms with van der Waals surface area (Å²) in [5, 5.41) is 0. The summed E-state index contributed by atoms with van der Waals surface area (Å²) < 4.78 is 4.98. The van der Waals surface area contributed by atoms with Crippen molar-refractivity contribution in [1.82, 2.24) is 0 Å². The van der Waals surface area contributed by atoms with Gasteiger partial charge in [-0.1, -0.05) is 19.3 Å². The Kier molecular flexibility index (Phi) is 4.60. The summed E-state index contributed by atoms with van der Waals surface area (Å²) in [5.41, 5.74) is 0. The molecule has 0 aliphatic heterocycles. The highest BCUT2D eigenvalue weighted by atomic mass is 16.5. The van der Waals surface area contributed by atoms with Crippen molar-refractivity contribution in [3.8, 4) is 0 Å². The van der Waals surface area contributed by atoms with Crippen LogP contribution in [-0.4, -0.2) is 13.7 Å². The molecule has 1 radical (unpaired) electrons. The molecule has 0 heterocycles. The summed E-state index contributed by atoms with van der Waals surface area (Å²) in [5.74, 6) is 1.81. The van der Waals surface area contributed by atoms with Crippen LogP contribution in [0.15, 0.2) is 0 Å². The first-order valence-corrected chi connectivity index (χ1v) is 4.76. The smallest absolute Gasteiger partial charge is 0.0462 e. The van der Waals surface area contributed by atoms with Gasteiger partial charge < -0.3 is 4.74 Å². The highest BCUT2D eigenvalue weighted by molar-refractivity contribution is 4.97. The van der Waals surface area contributed by atoms with E-state index in [-0.39, 0.29) is 0 Å². The Hall–Kier alpha value is -0.0400. The second kappa shape index (κ2) is 5.59. The molecule has 1 nitrogen and oxygen atoms in total. The van der Waals surface area contributed by atoms with Crippen molar-refractivity contribution in [2.45, 2.75) is 44.9 Å². The molecule has 1 aliphatic rings. The van der Waals surface area contributed by atoms with Gasteiger partial charge in [0.05, 0.1) is 0 Å². The predicted octanol–water partition coefficient (Wildman–Crippen LogP) is 2.95. The van der Waals surface area contributed by atoms with Gasteiger partial charge in [-0.3, -0.25) is 0 Å². The molecule has 0 unspecified atom stereocenters. The fourth-order valence-electron chi connectivity index (χ4n) is 1.47. The van der Waals surface area contributed by atoms with E-state index in [2.05, 4.69) is 0 Å². The Balaban J connectivity index is 1.73. The maximum Gasteiger partial charge on any atom is 0.0462 e. The van der Waals surface area contributed by atoms with Gasteiger partial charge in [-0.15, -0.1) is 0 Å². The molecule has 0 saturated heterocycles. The third-order valence-corrected chi connectivity index (χ3v) is 2.44. The molecule has 0 aromatic heterocycles. The van der Waals surface area contributed by atoms with Crippen LogP contribution in [-0.2, 0) is 4.74 Å². The molecule has 1 heteroatoms. The van der Waals surface area contributed by atoms with Crippen LogP contribution in [0.1, 0.15) is 44.9 Å². The molecule has 0 aromatic rings. The highest BCUT2D eigenvalue weighted by Crippen LogP contribution is 2.33. The van der Waals surface area contributed by atoms with Crippen LogP contribution >= 0.6 is 0 Å². The maximum absolute atomic E-state index is 4.98. The number of rotatable bonds is 6. The van der Waals surface area contributed by atoms with Gasteiger partial charge in [0.1, 0.15) is 0 Å². The highest BCUT2D eigenvalue weighted by Gasteiger charge is 2.16. The standard InChI is InChI=1S/C10H19O/c1-11-9-4-2-3-6-10-7-5-8-10/h2-9H2,1H3. The van der Waals surface area contributed by atoms with Crippen LogP contribution < -0.4 is 0 Å². The fourth-order valence-corrected chi connectivity index (χ4v) is 1.47. The largest absolute Gasteiger partial charge is 0.385 e. The number of hydrogen-bond donors (Lipinski definition) is 0. The number of unbranched alkanes of at least 4 members (excludes halogenated alkanes) is 2. The van der Waals surface area contributed by atoms with Crippen LogP contribution in [0.3, 0.4) is 0 Å². The lowest BCUT2D eigenvalue weighted by molar-refractivity contribution is 0.192. The minimum absolute atomic E-state index is 0.940. The molecule has 65 valence electrons. The predicted molar refractivity (Wildman–Crippen MR) is 47.4 cm³/mol. The molecule has 11 heavy (non-hydrogen) atoms. The van der Waals surface area contributed by atoms with E-state index in [1.165, 1.54) is 44.9 Å². The summed E-state index contributed by atoms with van der Waals surface area (Å²) in [4.78, 5) is 0. The molecule has 0 bridgehead atoms. The van der Waals surface area contributed by atoms with Crippen molar-refractivity contribution in [3.63, 3.8) is 0 Å². The second-order valence-corrected chi connectivity index (χ2v) is 3.41. The van der Waals surface area contributed by atoms with Crippen molar-refractivity contribution in [3.05, 3.63) is 5.92 Å². The average molecular weight is 155 g/mol. The third kappa shape index (κ3) is 3.76. The maximum atomic E-state index is 4.98. The molecular formula is C10H19O. The second-order valence-electron chi connectivity index (χ2n) is 3.41. The van der Waals surface area contributed by atoms with Gasteiger partial charge >= 0.3 is 0 Å². The van der Waals surface area contributed by atoms with Gasteiger partial charge in [0.25, 0.3) is 0 Å². The normalized spacial score (nSPS) is 18.3. The Morgan fingerprint density at radius 2 is 2.00 bits per heavy atom. The SMILES string of the molecule is COCCCCC[C]1CCC1. The molecule has 0 aromatic carbocycles. The van der Waals surface area contributed by atoms with Crippen molar-refractivity contribution in [1.29, 1.82) is 0 Å². The third-order valence-electron chi connectivity index (χ3n) is 2.44. The molecule has 1 rings (SSSR count). The molecular weight excluding hydrogens is 136 g/mol. The van der Waals surface area contributed by atoms with Gasteiger partial charge in [-0.2, -0.15) is 0 Å². The van der Waals surface area contributed by atoms with E-state index < -0.39 is 0 Å². The van der Waals surface area contributed by atoms with Crippen molar-refractivity contribution < 1.29 is 4.74 Å². The van der Waals surface area contributed by atoms with E-state index in [0.717, 1.165) is 6.61 Å². The summed E-state index contributed by atoms with van der Waals surface area (Å²) >= 11 is 0. The van der Waals surface area contributed by atoms with E-state index in [4.69, 9.17) is 4.74 Å². The van der Waals surface area contributed by atoms with Gasteiger partial charge in [0.2, 0.25) is 0 Å². The van der Waals surface area contributed by atoms with E-state index >= 15 is 0 Å². The van der Waals surface area contributed by atoms with Gasteiger partial charge in [0, 0.05) is 13.7 Å². The van der Waals surface area contributed by atoms with Crippen LogP contribution in [0.5, 0.6) is 0 Å². The van der Waals surface area contributed by atoms with Crippen LogP contribution in [0, 0.1) is 5.92 Å². The minimum Gasteiger partial charge on any atom is -0.385 e. The Bertz CT molecular complexity index is 86.9. The fraction of sp³-hybridized carbons (Fsp3) is 0.900. The van der Waals surface area contributed by atoms with E-state index in [9.17, 15) is 0 Å². The van der Waals surface area contributed by atoms with Gasteiger partial charge in [-0.25, -0.2) is 0 Å². The summed E-state index contributed by atoms with van der Waals surface area (Å²) in [6.07, 6.45) is 9.66. The Morgan fingerprint density at radius 1 is 1.18 bits per heavy atom. The first kappa shape index (κ1) is 9.05. The zero-order valence-electron chi connectivity index (χ0n) is 7.57. The van der Waals surface area contributed by atoms with Gasteiger partial charge in [-0.05, 0) is 31.6 Å². The topological polar surface area (TPSA) is 9.23 Å². The molecule has 0 atom stereocenters. The number of ether oxygens (including phenoxy) is 1. The van der Waals surface area contributed by atoms with Crippen molar-refractivity contribution in [2.24, 2.45) is 0 Å². The summed E-state index contributed by atoms with van der Waals surface area (Å²) in [7, 11) is 1.78. The first-order valence-electron chi connectivity index (χ1n) is 4.76. The average Bonchev–Trinajstić information content (AvgIpc) is 1.93. The van der Waals surface area contributed by atoms with Crippen molar-refractivity contribution in [2.75, 3.05) is 13.7 Å². The van der Waals surface area contributed by atoms with Gasteiger partial charge in [0.15, 0.2) is 0 Å². The number of methoxy groups -OCH3 is 1. The van der Waals surface area contributed by atoms with E-state index in [1.54, 1.807) is 7.11 Å². The monoisotopic (exact) mass is 155 g/mol. The lowest BCUT2D eigenvalue weighted by Crippen LogP contribution is -2.07. The summed E-state index contributed by atoms with van der Waals surface area (Å²) in [6, 6.07) is 0. The molecule has 1 aliphatic carbocycles. The minimum atomic E-state index is 0.940. The first-order chi connectivity index (χ1) is 5.43. The molecule has 0 amide bonds. The number of hydrogen-bond acceptors (Lipinski definition) is 1. The van der Waals surface area contributed by atoms with Crippen LogP contribution in [0.2, 0.25) is 0 Å². The van der Waals surface area contributed by atoms with Crippen molar-refractivity contribution >= 4 is 0 Å². The zero-order chi connectivity index (χ0) is 7.94. The lowest BCUT2D eigenvalue weighted by atomic mass is 9.82. The molecule has 1 saturated carbocycles. The molecule has 0 N–H and O–H groups in total. The zero-order valence-corrected chi connectivity index (χ0v) is 7.57. The quantitative estimate of drug-likeness (QED) is 0.536. The lowest BCUT2D eigenvalue weighted by Gasteiger charge is -2.24. The Labute approximate surface area is 70.1 Å². The summed E-state index contributed by atoms with van der Waals surface area (Å²) in [6.45, 7) is 0.940. The van der Waals surface area contributed by atoms with Crippen LogP contribution in [0.25, 0.3) is 0 Å². The van der Waals surface area contributed by atoms with E-state index in [1.807, 2.05) is 5.92 Å². The molecule has 1 fully saturated rings. The molecule has 0 spiro atoms.